The summed E-state index contributed by atoms with van der Waals surface area (Å²) in [5, 5.41) is 0. The molecular weight excluding hydrogens is 388 g/mol. The van der Waals surface area contributed by atoms with Gasteiger partial charge in [-0.3, -0.25) is 4.79 Å². The fraction of sp³-hybridized carbons (Fsp3) is 0.581. The van der Waals surface area contributed by atoms with Crippen molar-refractivity contribution in [2.24, 2.45) is 11.8 Å². The van der Waals surface area contributed by atoms with Gasteiger partial charge in [0.05, 0.1) is 0 Å². The zero-order valence-corrected chi connectivity index (χ0v) is 20.8. The molecule has 0 N–H and O–H groups in total. The Morgan fingerprint density at radius 2 is 0.938 bits per heavy atom. The van der Waals surface area contributed by atoms with Crippen molar-refractivity contribution in [3.05, 3.63) is 69.8 Å². The molecule has 2 aromatic carbocycles. The molecule has 2 aliphatic rings. The molecule has 172 valence electrons. The number of hydrogen-bond acceptors (Lipinski definition) is 1. The number of carbonyl (C=O) groups is 1. The Labute approximate surface area is 196 Å². The molecule has 0 aliphatic heterocycles. The predicted molar refractivity (Wildman–Crippen MR) is 135 cm³/mol. The molecule has 0 unspecified atom stereocenters. The largest absolute Gasteiger partial charge is 0.300 e. The molecule has 2 atom stereocenters. The molecule has 4 rings (SSSR count). The van der Waals surface area contributed by atoms with Crippen molar-refractivity contribution in [3.8, 4) is 0 Å². The highest BCUT2D eigenvalue weighted by atomic mass is 16.1. The first kappa shape index (κ1) is 23.3. The molecule has 0 bridgehead atoms. The van der Waals surface area contributed by atoms with Gasteiger partial charge in [-0.15, -0.1) is 0 Å². The predicted octanol–water partition coefficient (Wildman–Crippen LogP) is 8.52. The summed E-state index contributed by atoms with van der Waals surface area (Å²) in [7, 11) is 0. The van der Waals surface area contributed by atoms with Crippen molar-refractivity contribution in [2.45, 2.75) is 104 Å². The van der Waals surface area contributed by atoms with Crippen LogP contribution in [0.4, 0.5) is 0 Å². The van der Waals surface area contributed by atoms with E-state index in [4.69, 9.17) is 0 Å². The van der Waals surface area contributed by atoms with Crippen LogP contribution in [0.2, 0.25) is 0 Å². The summed E-state index contributed by atoms with van der Waals surface area (Å²) in [6, 6.07) is 13.9. The van der Waals surface area contributed by atoms with Gasteiger partial charge in [0.1, 0.15) is 5.78 Å². The Balaban J connectivity index is 1.57. The van der Waals surface area contributed by atoms with E-state index < -0.39 is 0 Å². The molecule has 0 radical (unpaired) electrons. The van der Waals surface area contributed by atoms with Crippen LogP contribution in [0.25, 0.3) is 0 Å². The Morgan fingerprint density at radius 1 is 0.625 bits per heavy atom. The van der Waals surface area contributed by atoms with Crippen molar-refractivity contribution in [1.82, 2.24) is 0 Å². The number of rotatable bonds is 8. The highest BCUT2D eigenvalue weighted by Crippen LogP contribution is 2.43. The molecule has 2 fully saturated rings. The number of benzene rings is 2. The third-order valence-corrected chi connectivity index (χ3v) is 8.18. The number of hydrogen-bond donors (Lipinski definition) is 0. The van der Waals surface area contributed by atoms with Gasteiger partial charge >= 0.3 is 0 Å². The summed E-state index contributed by atoms with van der Waals surface area (Å²) in [5.74, 6) is 2.62. The smallest absolute Gasteiger partial charge is 0.134 e. The number of aryl methyl sites for hydroxylation is 4. The van der Waals surface area contributed by atoms with Gasteiger partial charge in [0.15, 0.2) is 0 Å². The van der Waals surface area contributed by atoms with E-state index in [1.807, 2.05) is 0 Å². The molecule has 0 aromatic heterocycles. The fourth-order valence-corrected chi connectivity index (χ4v) is 6.85. The van der Waals surface area contributed by atoms with E-state index in [1.165, 1.54) is 84.7 Å². The Hall–Kier alpha value is -1.89. The summed E-state index contributed by atoms with van der Waals surface area (Å²) >= 11 is 0. The van der Waals surface area contributed by atoms with Crippen LogP contribution in [0.15, 0.2) is 36.4 Å². The van der Waals surface area contributed by atoms with E-state index in [2.05, 4.69) is 64.1 Å². The summed E-state index contributed by atoms with van der Waals surface area (Å²) in [5.41, 5.74) is 8.13. The standard InChI is InChI=1S/C31H42O/c1-21-13-22(2)16-27(15-21)30(25-9-5-6-10-25)19-29(32)20-31(26-11-7-8-12-26)28-17-23(3)14-24(4)18-28/h13-18,25-26,30-31H,5-12,19-20H2,1-4H3/t30-,31-/m1/s1. The van der Waals surface area contributed by atoms with Gasteiger partial charge in [-0.05, 0) is 88.2 Å². The molecule has 1 heteroatoms. The van der Waals surface area contributed by atoms with Gasteiger partial charge < -0.3 is 0 Å². The Morgan fingerprint density at radius 3 is 1.25 bits per heavy atom. The van der Waals surface area contributed by atoms with Crippen LogP contribution in [0.1, 0.15) is 109 Å². The first-order valence-electron chi connectivity index (χ1n) is 13.1. The average molecular weight is 431 g/mol. The third kappa shape index (κ3) is 5.72. The summed E-state index contributed by atoms with van der Waals surface area (Å²) in [4.78, 5) is 13.7. The van der Waals surface area contributed by atoms with E-state index in [-0.39, 0.29) is 0 Å². The second-order valence-corrected chi connectivity index (χ2v) is 11.1. The van der Waals surface area contributed by atoms with Gasteiger partial charge in [-0.1, -0.05) is 84.3 Å². The van der Waals surface area contributed by atoms with Crippen LogP contribution < -0.4 is 0 Å². The lowest BCUT2D eigenvalue weighted by molar-refractivity contribution is -0.120. The molecule has 0 amide bonds. The first-order chi connectivity index (χ1) is 15.4. The highest BCUT2D eigenvalue weighted by molar-refractivity contribution is 5.80. The Bertz CT molecular complexity index is 811. The second-order valence-electron chi connectivity index (χ2n) is 11.1. The van der Waals surface area contributed by atoms with Crippen LogP contribution in [0, 0.1) is 39.5 Å². The van der Waals surface area contributed by atoms with E-state index >= 15 is 0 Å². The van der Waals surface area contributed by atoms with Gasteiger partial charge in [0.2, 0.25) is 0 Å². The number of carbonyl (C=O) groups excluding carboxylic acids is 1. The quantitative estimate of drug-likeness (QED) is 0.410. The van der Waals surface area contributed by atoms with E-state index in [9.17, 15) is 4.79 Å². The van der Waals surface area contributed by atoms with E-state index in [1.54, 1.807) is 0 Å². The minimum atomic E-state index is 0.395. The molecule has 1 nitrogen and oxygen atoms in total. The van der Waals surface area contributed by atoms with Crippen LogP contribution in [-0.4, -0.2) is 5.78 Å². The van der Waals surface area contributed by atoms with Gasteiger partial charge in [0, 0.05) is 12.8 Å². The molecule has 32 heavy (non-hydrogen) atoms. The molecule has 2 aliphatic carbocycles. The third-order valence-electron chi connectivity index (χ3n) is 8.18. The van der Waals surface area contributed by atoms with E-state index in [0.29, 0.717) is 29.5 Å². The molecular formula is C31H42O. The second kappa shape index (κ2) is 10.4. The van der Waals surface area contributed by atoms with Crippen molar-refractivity contribution >= 4 is 5.78 Å². The maximum atomic E-state index is 13.7. The zero-order chi connectivity index (χ0) is 22.7. The van der Waals surface area contributed by atoms with Crippen molar-refractivity contribution in [3.63, 3.8) is 0 Å². The van der Waals surface area contributed by atoms with Crippen LogP contribution in [-0.2, 0) is 4.79 Å². The highest BCUT2D eigenvalue weighted by Gasteiger charge is 2.32. The van der Waals surface area contributed by atoms with Crippen molar-refractivity contribution in [2.75, 3.05) is 0 Å². The minimum Gasteiger partial charge on any atom is -0.300 e. The van der Waals surface area contributed by atoms with Crippen LogP contribution in [0.5, 0.6) is 0 Å². The SMILES string of the molecule is Cc1cc(C)cc([C@H](CC(=O)C[C@@H](c2cc(C)cc(C)c2)C2CCCC2)C2CCCC2)c1. The van der Waals surface area contributed by atoms with Gasteiger partial charge in [-0.25, -0.2) is 0 Å². The summed E-state index contributed by atoms with van der Waals surface area (Å²) < 4.78 is 0. The maximum Gasteiger partial charge on any atom is 0.134 e. The molecule has 0 saturated heterocycles. The van der Waals surface area contributed by atoms with Crippen molar-refractivity contribution < 1.29 is 4.79 Å². The van der Waals surface area contributed by atoms with Gasteiger partial charge in [0.25, 0.3) is 0 Å². The van der Waals surface area contributed by atoms with Crippen LogP contribution in [0.3, 0.4) is 0 Å². The molecule has 0 spiro atoms. The van der Waals surface area contributed by atoms with Crippen molar-refractivity contribution in [1.29, 1.82) is 0 Å². The number of Topliss-reactive ketones (excluding diaryl/α,β-unsaturated/α-hetero) is 1. The lowest BCUT2D eigenvalue weighted by atomic mass is 9.76. The summed E-state index contributed by atoms with van der Waals surface area (Å²) in [6.45, 7) is 8.78. The van der Waals surface area contributed by atoms with Gasteiger partial charge in [-0.2, -0.15) is 0 Å². The molecule has 0 heterocycles. The van der Waals surface area contributed by atoms with Crippen LogP contribution >= 0.6 is 0 Å². The average Bonchev–Trinajstić information content (AvgIpc) is 3.43. The lowest BCUT2D eigenvalue weighted by Crippen LogP contribution is -2.19. The lowest BCUT2D eigenvalue weighted by Gasteiger charge is -2.27. The normalized spacial score (nSPS) is 19.4. The zero-order valence-electron chi connectivity index (χ0n) is 20.8. The monoisotopic (exact) mass is 430 g/mol. The number of ketones is 1. The Kier molecular flexibility index (Phi) is 7.54. The summed E-state index contributed by atoms with van der Waals surface area (Å²) in [6.07, 6.45) is 11.9. The first-order valence-corrected chi connectivity index (χ1v) is 13.1. The fourth-order valence-electron chi connectivity index (χ4n) is 6.85. The maximum absolute atomic E-state index is 13.7. The van der Waals surface area contributed by atoms with E-state index in [0.717, 1.165) is 12.8 Å². The topological polar surface area (TPSA) is 17.1 Å². The minimum absolute atomic E-state index is 0.395. The molecule has 2 saturated carbocycles. The molecule has 2 aromatic rings.